The first kappa shape index (κ1) is 18.2. The number of aromatic nitrogens is 2. The summed E-state index contributed by atoms with van der Waals surface area (Å²) in [6.07, 6.45) is 3.17. The Morgan fingerprint density at radius 3 is 2.63 bits per heavy atom. The van der Waals surface area contributed by atoms with Gasteiger partial charge in [0.2, 0.25) is 0 Å². The molecule has 146 valence electrons. The van der Waals surface area contributed by atoms with E-state index in [0.717, 1.165) is 49.9 Å². The maximum absolute atomic E-state index is 12.5. The molecule has 0 unspecified atom stereocenters. The van der Waals surface area contributed by atoms with Crippen LogP contribution in [-0.2, 0) is 0 Å². The first-order valence-electron chi connectivity index (χ1n) is 9.26. The van der Waals surface area contributed by atoms with E-state index in [4.69, 9.17) is 4.74 Å². The monoisotopic (exact) mass is 381 g/mol. The minimum absolute atomic E-state index is 0.275. The molecule has 1 saturated carbocycles. The van der Waals surface area contributed by atoms with E-state index in [1.807, 2.05) is 10.9 Å². The van der Waals surface area contributed by atoms with Crippen molar-refractivity contribution in [3.05, 3.63) is 30.6 Å². The van der Waals surface area contributed by atoms with E-state index < -0.39 is 6.36 Å². The largest absolute Gasteiger partial charge is 0.573 e. The number of rotatable bonds is 6. The standard InChI is InChI=1S/C19H22F3N3O2/c20-19(21,22)27-16-3-4-17(18(9-16)26-12-13-1-2-13)14-10-24-25(11-14)15-5-7-23-8-6-15/h3-4,9-11,13,15,23H,1-2,5-8,12H2. The molecule has 0 amide bonds. The summed E-state index contributed by atoms with van der Waals surface area (Å²) in [5, 5.41) is 7.79. The second-order valence-corrected chi connectivity index (χ2v) is 7.15. The number of piperidine rings is 1. The van der Waals surface area contributed by atoms with E-state index >= 15 is 0 Å². The van der Waals surface area contributed by atoms with E-state index in [9.17, 15) is 13.2 Å². The topological polar surface area (TPSA) is 48.3 Å². The van der Waals surface area contributed by atoms with Gasteiger partial charge in [0.05, 0.1) is 18.8 Å². The lowest BCUT2D eigenvalue weighted by Gasteiger charge is -2.22. The molecule has 5 nitrogen and oxygen atoms in total. The molecule has 8 heteroatoms. The van der Waals surface area contributed by atoms with Gasteiger partial charge < -0.3 is 14.8 Å². The Kier molecular flexibility index (Phi) is 4.99. The number of hydrogen-bond acceptors (Lipinski definition) is 4. The molecule has 4 rings (SSSR count). The number of alkyl halides is 3. The quantitative estimate of drug-likeness (QED) is 0.816. The number of nitrogens with one attached hydrogen (secondary N) is 1. The number of benzene rings is 1. The molecular weight excluding hydrogens is 359 g/mol. The number of halogens is 3. The van der Waals surface area contributed by atoms with Crippen molar-refractivity contribution in [2.45, 2.75) is 38.1 Å². The van der Waals surface area contributed by atoms with Gasteiger partial charge in [-0.1, -0.05) is 0 Å². The highest BCUT2D eigenvalue weighted by molar-refractivity contribution is 5.70. The fraction of sp³-hybridized carbons (Fsp3) is 0.526. The summed E-state index contributed by atoms with van der Waals surface area (Å²) in [5.41, 5.74) is 1.56. The van der Waals surface area contributed by atoms with Gasteiger partial charge in [-0.05, 0) is 56.8 Å². The van der Waals surface area contributed by atoms with Gasteiger partial charge in [-0.3, -0.25) is 4.68 Å². The smallest absolute Gasteiger partial charge is 0.493 e. The summed E-state index contributed by atoms with van der Waals surface area (Å²) in [5.74, 6) is 0.610. The molecule has 0 spiro atoms. The van der Waals surface area contributed by atoms with Crippen LogP contribution in [0.4, 0.5) is 13.2 Å². The molecule has 1 aromatic carbocycles. The molecule has 0 atom stereocenters. The van der Waals surface area contributed by atoms with E-state index in [2.05, 4.69) is 15.2 Å². The molecule has 1 N–H and O–H groups in total. The Balaban J connectivity index is 1.58. The Labute approximate surface area is 155 Å². The predicted molar refractivity (Wildman–Crippen MR) is 93.7 cm³/mol. The predicted octanol–water partition coefficient (Wildman–Crippen LogP) is 4.16. The van der Waals surface area contributed by atoms with Crippen molar-refractivity contribution in [2.75, 3.05) is 19.7 Å². The summed E-state index contributed by atoms with van der Waals surface area (Å²) in [7, 11) is 0. The third kappa shape index (κ3) is 4.74. The first-order valence-corrected chi connectivity index (χ1v) is 9.26. The van der Waals surface area contributed by atoms with Gasteiger partial charge in [0, 0.05) is 23.4 Å². The lowest BCUT2D eigenvalue weighted by molar-refractivity contribution is -0.274. The highest BCUT2D eigenvalue weighted by Gasteiger charge is 2.31. The van der Waals surface area contributed by atoms with Crippen LogP contribution in [0.1, 0.15) is 31.7 Å². The van der Waals surface area contributed by atoms with E-state index in [1.54, 1.807) is 12.3 Å². The van der Waals surface area contributed by atoms with Crippen LogP contribution in [0.25, 0.3) is 11.1 Å². The lowest BCUT2D eigenvalue weighted by Crippen LogP contribution is -2.29. The molecule has 0 radical (unpaired) electrons. The van der Waals surface area contributed by atoms with Gasteiger partial charge in [-0.15, -0.1) is 13.2 Å². The van der Waals surface area contributed by atoms with Crippen molar-refractivity contribution in [3.8, 4) is 22.6 Å². The number of ether oxygens (including phenoxy) is 2. The van der Waals surface area contributed by atoms with Crippen LogP contribution in [0.15, 0.2) is 30.6 Å². The van der Waals surface area contributed by atoms with Crippen molar-refractivity contribution < 1.29 is 22.6 Å². The van der Waals surface area contributed by atoms with E-state index in [0.29, 0.717) is 24.3 Å². The average Bonchev–Trinajstić information content (AvgIpc) is 3.34. The molecule has 1 aromatic heterocycles. The maximum Gasteiger partial charge on any atom is 0.573 e. The Bertz CT molecular complexity index is 781. The molecule has 27 heavy (non-hydrogen) atoms. The minimum atomic E-state index is -4.73. The van der Waals surface area contributed by atoms with Crippen LogP contribution < -0.4 is 14.8 Å². The highest BCUT2D eigenvalue weighted by Crippen LogP contribution is 2.37. The van der Waals surface area contributed by atoms with Crippen molar-refractivity contribution in [3.63, 3.8) is 0 Å². The van der Waals surface area contributed by atoms with Crippen LogP contribution in [0.3, 0.4) is 0 Å². The molecule has 2 aliphatic rings. The third-order valence-corrected chi connectivity index (χ3v) is 4.95. The average molecular weight is 381 g/mol. The van der Waals surface area contributed by atoms with E-state index in [1.165, 1.54) is 12.1 Å². The van der Waals surface area contributed by atoms with Gasteiger partial charge in [-0.2, -0.15) is 5.10 Å². The molecule has 0 bridgehead atoms. The molecule has 2 fully saturated rings. The summed E-state index contributed by atoms with van der Waals surface area (Å²) in [4.78, 5) is 0. The van der Waals surface area contributed by atoms with Gasteiger partial charge in [-0.25, -0.2) is 0 Å². The van der Waals surface area contributed by atoms with Gasteiger partial charge in [0.1, 0.15) is 11.5 Å². The van der Waals surface area contributed by atoms with Crippen molar-refractivity contribution in [1.82, 2.24) is 15.1 Å². The third-order valence-electron chi connectivity index (χ3n) is 4.95. The van der Waals surface area contributed by atoms with Crippen LogP contribution >= 0.6 is 0 Å². The normalized spacial score (nSPS) is 18.5. The Morgan fingerprint density at radius 1 is 1.15 bits per heavy atom. The SMILES string of the molecule is FC(F)(F)Oc1ccc(-c2cnn(C3CCNCC3)c2)c(OCC2CC2)c1. The minimum Gasteiger partial charge on any atom is -0.493 e. The fourth-order valence-electron chi connectivity index (χ4n) is 3.30. The molecule has 1 aliphatic carbocycles. The Hall–Kier alpha value is -2.22. The zero-order valence-corrected chi connectivity index (χ0v) is 14.8. The van der Waals surface area contributed by atoms with Crippen molar-refractivity contribution >= 4 is 0 Å². The zero-order chi connectivity index (χ0) is 18.9. The summed E-state index contributed by atoms with van der Waals surface area (Å²) in [6, 6.07) is 4.57. The van der Waals surface area contributed by atoms with Crippen LogP contribution in [0.2, 0.25) is 0 Å². The molecule has 2 heterocycles. The van der Waals surface area contributed by atoms with Crippen LogP contribution in [0.5, 0.6) is 11.5 Å². The van der Waals surface area contributed by atoms with Crippen LogP contribution in [-0.4, -0.2) is 35.8 Å². The molecule has 1 aliphatic heterocycles. The van der Waals surface area contributed by atoms with Gasteiger partial charge >= 0.3 is 6.36 Å². The number of nitrogens with zero attached hydrogens (tertiary/aromatic N) is 2. The lowest BCUT2D eigenvalue weighted by atomic mass is 10.1. The molecular formula is C19H22F3N3O2. The summed E-state index contributed by atoms with van der Waals surface area (Å²) < 4.78 is 49.5. The second kappa shape index (κ2) is 7.42. The first-order chi connectivity index (χ1) is 13.0. The van der Waals surface area contributed by atoms with E-state index in [-0.39, 0.29) is 5.75 Å². The molecule has 2 aromatic rings. The van der Waals surface area contributed by atoms with Crippen molar-refractivity contribution in [2.24, 2.45) is 5.92 Å². The molecule has 1 saturated heterocycles. The fourth-order valence-corrected chi connectivity index (χ4v) is 3.30. The highest BCUT2D eigenvalue weighted by atomic mass is 19.4. The summed E-state index contributed by atoms with van der Waals surface area (Å²) >= 11 is 0. The Morgan fingerprint density at radius 2 is 1.93 bits per heavy atom. The summed E-state index contributed by atoms with van der Waals surface area (Å²) in [6.45, 7) is 2.42. The maximum atomic E-state index is 12.5. The number of hydrogen-bond donors (Lipinski definition) is 1. The van der Waals surface area contributed by atoms with Gasteiger partial charge in [0.25, 0.3) is 0 Å². The van der Waals surface area contributed by atoms with Gasteiger partial charge in [0.15, 0.2) is 0 Å². The van der Waals surface area contributed by atoms with Crippen molar-refractivity contribution in [1.29, 1.82) is 0 Å². The zero-order valence-electron chi connectivity index (χ0n) is 14.8. The second-order valence-electron chi connectivity index (χ2n) is 7.15. The van der Waals surface area contributed by atoms with Crippen LogP contribution in [0, 0.1) is 5.92 Å².